The maximum Gasteiger partial charge on any atom is 0.195 e. The molecule has 2 atom stereocenters. The van der Waals surface area contributed by atoms with E-state index in [-0.39, 0.29) is 5.41 Å². The Morgan fingerprint density at radius 1 is 1.43 bits per heavy atom. The molecule has 0 saturated carbocycles. The van der Waals surface area contributed by atoms with Crippen LogP contribution in [0.5, 0.6) is 0 Å². The van der Waals surface area contributed by atoms with E-state index in [1.807, 2.05) is 7.05 Å². The first-order chi connectivity index (χ1) is 10.8. The van der Waals surface area contributed by atoms with Crippen LogP contribution < -0.4 is 22.1 Å². The molecule has 2 heterocycles. The molecule has 23 heavy (non-hydrogen) atoms. The molecular weight excluding hydrogens is 290 g/mol. The third kappa shape index (κ3) is 2.64. The minimum Gasteiger partial charge on any atom is -0.459 e. The van der Waals surface area contributed by atoms with Gasteiger partial charge in [-0.15, -0.1) is 0 Å². The predicted molar refractivity (Wildman–Crippen MR) is 93.3 cm³/mol. The van der Waals surface area contributed by atoms with Crippen LogP contribution in [-0.4, -0.2) is 19.6 Å². The van der Waals surface area contributed by atoms with Crippen LogP contribution in [0, 0.1) is 11.3 Å². The van der Waals surface area contributed by atoms with Gasteiger partial charge in [0.05, 0.1) is 5.69 Å². The van der Waals surface area contributed by atoms with Crippen molar-refractivity contribution in [2.75, 3.05) is 18.9 Å². The highest BCUT2D eigenvalue weighted by Crippen LogP contribution is 2.46. The molecule has 0 radical (unpaired) electrons. The molecule has 0 bridgehead atoms. The molecule has 2 aliphatic rings. The average Bonchev–Trinajstić information content (AvgIpc) is 2.85. The number of hydrogen-bond acceptors (Lipinski definition) is 6. The maximum atomic E-state index is 6.25. The largest absolute Gasteiger partial charge is 0.459 e. The second kappa shape index (κ2) is 5.53. The van der Waals surface area contributed by atoms with E-state index in [1.165, 1.54) is 5.56 Å². The Bertz CT molecular complexity index is 628. The highest BCUT2D eigenvalue weighted by Gasteiger charge is 2.43. The van der Waals surface area contributed by atoms with E-state index in [2.05, 4.69) is 36.4 Å². The van der Waals surface area contributed by atoms with E-state index in [1.54, 1.807) is 0 Å². The first-order valence-electron chi connectivity index (χ1n) is 8.47. The van der Waals surface area contributed by atoms with E-state index in [9.17, 15) is 0 Å². The Hall–Kier alpha value is -1.53. The molecule has 128 valence electrons. The van der Waals surface area contributed by atoms with Gasteiger partial charge in [0.1, 0.15) is 5.76 Å². The van der Waals surface area contributed by atoms with Crippen LogP contribution in [-0.2, 0) is 18.5 Å². The lowest BCUT2D eigenvalue weighted by Gasteiger charge is -2.34. The standard InChI is InChI=1S/C17H29N5O/c1-16(2,3)10-5-6-12-11(9-10)13-14(23-12)17(20-4,7-8-18)22-15(19)21-13/h10,20H,5-9,18H2,1-4H3,(H3,19,21,22). The van der Waals surface area contributed by atoms with Crippen LogP contribution in [0.25, 0.3) is 0 Å². The van der Waals surface area contributed by atoms with Crippen LogP contribution in [0.4, 0.5) is 5.69 Å². The third-order valence-electron chi connectivity index (χ3n) is 5.35. The second-order valence-corrected chi connectivity index (χ2v) is 7.78. The molecule has 2 unspecified atom stereocenters. The highest BCUT2D eigenvalue weighted by molar-refractivity contribution is 5.96. The van der Waals surface area contributed by atoms with Gasteiger partial charge in [-0.25, -0.2) is 4.99 Å². The molecule has 3 rings (SSSR count). The molecule has 0 fully saturated rings. The van der Waals surface area contributed by atoms with Gasteiger partial charge < -0.3 is 21.2 Å². The number of furan rings is 1. The second-order valence-electron chi connectivity index (χ2n) is 7.78. The van der Waals surface area contributed by atoms with Gasteiger partial charge in [0.25, 0.3) is 0 Å². The number of nitrogens with zero attached hydrogens (tertiary/aromatic N) is 1. The Kier molecular flexibility index (Phi) is 3.92. The Morgan fingerprint density at radius 3 is 2.78 bits per heavy atom. The Balaban J connectivity index is 2.05. The van der Waals surface area contributed by atoms with Gasteiger partial charge in [0, 0.05) is 18.4 Å². The summed E-state index contributed by atoms with van der Waals surface area (Å²) in [5.74, 6) is 2.96. The number of aryl methyl sites for hydroxylation is 1. The van der Waals surface area contributed by atoms with Crippen molar-refractivity contribution in [2.45, 2.75) is 52.1 Å². The van der Waals surface area contributed by atoms with Gasteiger partial charge in [0.2, 0.25) is 0 Å². The summed E-state index contributed by atoms with van der Waals surface area (Å²) in [4.78, 5) is 4.57. The van der Waals surface area contributed by atoms with Crippen molar-refractivity contribution in [2.24, 2.45) is 27.8 Å². The molecule has 0 saturated heterocycles. The zero-order chi connectivity index (χ0) is 16.8. The summed E-state index contributed by atoms with van der Waals surface area (Å²) < 4.78 is 6.25. The van der Waals surface area contributed by atoms with Crippen LogP contribution in [0.15, 0.2) is 9.41 Å². The average molecular weight is 319 g/mol. The summed E-state index contributed by atoms with van der Waals surface area (Å²) in [6.45, 7) is 7.44. The van der Waals surface area contributed by atoms with Crippen molar-refractivity contribution in [3.05, 3.63) is 17.1 Å². The van der Waals surface area contributed by atoms with Gasteiger partial charge in [0.15, 0.2) is 17.4 Å². The number of guanidine groups is 1. The SMILES string of the molecule is CNC1(CCN)N=C(N)Nc2c1oc1c2CC(C(C)(C)C)CC1. The zero-order valence-electron chi connectivity index (χ0n) is 14.6. The summed E-state index contributed by atoms with van der Waals surface area (Å²) in [6, 6.07) is 0. The molecular formula is C17H29N5O. The van der Waals surface area contributed by atoms with Crippen LogP contribution in [0.1, 0.15) is 50.7 Å². The molecule has 1 aliphatic carbocycles. The molecule has 6 nitrogen and oxygen atoms in total. The summed E-state index contributed by atoms with van der Waals surface area (Å²) >= 11 is 0. The van der Waals surface area contributed by atoms with Gasteiger partial charge >= 0.3 is 0 Å². The van der Waals surface area contributed by atoms with Crippen molar-refractivity contribution in [3.63, 3.8) is 0 Å². The number of rotatable bonds is 3. The molecule has 0 amide bonds. The van der Waals surface area contributed by atoms with E-state index in [0.717, 1.165) is 36.5 Å². The molecule has 1 aromatic rings. The van der Waals surface area contributed by atoms with E-state index in [0.29, 0.717) is 24.8 Å². The fourth-order valence-electron chi connectivity index (χ4n) is 3.83. The summed E-state index contributed by atoms with van der Waals surface area (Å²) in [5.41, 5.74) is 13.8. The zero-order valence-corrected chi connectivity index (χ0v) is 14.6. The van der Waals surface area contributed by atoms with Gasteiger partial charge in [-0.05, 0) is 37.8 Å². The van der Waals surface area contributed by atoms with Gasteiger partial charge in [-0.1, -0.05) is 20.8 Å². The van der Waals surface area contributed by atoms with Crippen molar-refractivity contribution in [1.82, 2.24) is 5.32 Å². The summed E-state index contributed by atoms with van der Waals surface area (Å²) in [6.07, 6.45) is 3.78. The number of anilines is 1. The topological polar surface area (TPSA) is 102 Å². The number of nitrogens with two attached hydrogens (primary N) is 2. The van der Waals surface area contributed by atoms with Crippen molar-refractivity contribution in [3.8, 4) is 0 Å². The third-order valence-corrected chi connectivity index (χ3v) is 5.35. The van der Waals surface area contributed by atoms with Crippen molar-refractivity contribution < 1.29 is 4.42 Å². The monoisotopic (exact) mass is 319 g/mol. The Morgan fingerprint density at radius 2 is 2.17 bits per heavy atom. The predicted octanol–water partition coefficient (Wildman–Crippen LogP) is 1.89. The number of hydrogen-bond donors (Lipinski definition) is 4. The van der Waals surface area contributed by atoms with E-state index >= 15 is 0 Å². The fourth-order valence-corrected chi connectivity index (χ4v) is 3.83. The van der Waals surface area contributed by atoms with Crippen LogP contribution in [0.2, 0.25) is 0 Å². The Labute approximate surface area is 138 Å². The molecule has 0 aromatic carbocycles. The smallest absolute Gasteiger partial charge is 0.195 e. The minimum absolute atomic E-state index is 0.285. The fraction of sp³-hybridized carbons (Fsp3) is 0.706. The maximum absolute atomic E-state index is 6.25. The summed E-state index contributed by atoms with van der Waals surface area (Å²) in [7, 11) is 1.88. The first kappa shape index (κ1) is 16.3. The molecule has 1 aromatic heterocycles. The van der Waals surface area contributed by atoms with Crippen molar-refractivity contribution >= 4 is 11.6 Å². The van der Waals surface area contributed by atoms with Crippen molar-refractivity contribution in [1.29, 1.82) is 0 Å². The van der Waals surface area contributed by atoms with Gasteiger partial charge in [-0.2, -0.15) is 0 Å². The normalized spacial score (nSPS) is 27.0. The molecule has 6 N–H and O–H groups in total. The number of fused-ring (bicyclic) bond motifs is 3. The highest BCUT2D eigenvalue weighted by atomic mass is 16.3. The lowest BCUT2D eigenvalue weighted by atomic mass is 9.71. The molecule has 6 heteroatoms. The minimum atomic E-state index is -0.659. The van der Waals surface area contributed by atoms with E-state index < -0.39 is 5.66 Å². The quantitative estimate of drug-likeness (QED) is 0.681. The summed E-state index contributed by atoms with van der Waals surface area (Å²) in [5, 5.41) is 6.51. The first-order valence-corrected chi connectivity index (χ1v) is 8.47. The van der Waals surface area contributed by atoms with Gasteiger partial charge in [-0.3, -0.25) is 5.32 Å². The van der Waals surface area contributed by atoms with Crippen LogP contribution >= 0.6 is 0 Å². The van der Waals surface area contributed by atoms with E-state index in [4.69, 9.17) is 15.9 Å². The number of aliphatic imine (C=N–C) groups is 1. The number of nitrogens with one attached hydrogen (secondary N) is 2. The lowest BCUT2D eigenvalue weighted by Crippen LogP contribution is -2.46. The van der Waals surface area contributed by atoms with Crippen LogP contribution in [0.3, 0.4) is 0 Å². The lowest BCUT2D eigenvalue weighted by molar-refractivity contribution is 0.206. The molecule has 0 spiro atoms. The molecule has 1 aliphatic heterocycles.